The van der Waals surface area contributed by atoms with Crippen molar-refractivity contribution >= 4 is 24.2 Å². The third kappa shape index (κ3) is 4.61. The van der Waals surface area contributed by atoms with Crippen molar-refractivity contribution in [1.82, 2.24) is 10.9 Å². The van der Waals surface area contributed by atoms with Gasteiger partial charge in [0.2, 0.25) is 0 Å². The van der Waals surface area contributed by atoms with Gasteiger partial charge in [-0.2, -0.15) is 10.2 Å². The Hall–Kier alpha value is -3.94. The van der Waals surface area contributed by atoms with E-state index in [2.05, 4.69) is 21.1 Å². The largest absolute Gasteiger partial charge is 0.469 e. The highest BCUT2D eigenvalue weighted by Gasteiger charge is 2.10. The standard InChI is InChI=1S/C20H18N4O4/c1-13-17(7-9-27-13)19(25)23-21-11-15-3-5-16(6-4-15)12-22-24-20(26)18-8-10-28-14(18)2/h3-12H,1-2H3,(H,23,25)(H,24,26)/b21-11-,22-12-. The van der Waals surface area contributed by atoms with E-state index in [-0.39, 0.29) is 11.8 Å². The molecule has 0 saturated carbocycles. The van der Waals surface area contributed by atoms with Crippen LogP contribution in [-0.4, -0.2) is 24.2 Å². The number of furan rings is 2. The Labute approximate surface area is 160 Å². The second-order valence-electron chi connectivity index (χ2n) is 5.85. The lowest BCUT2D eigenvalue weighted by Crippen LogP contribution is -2.17. The van der Waals surface area contributed by atoms with Crippen molar-refractivity contribution in [3.05, 3.63) is 82.7 Å². The summed E-state index contributed by atoms with van der Waals surface area (Å²) in [6.07, 6.45) is 5.95. The van der Waals surface area contributed by atoms with Crippen LogP contribution in [0.4, 0.5) is 0 Å². The van der Waals surface area contributed by atoms with Crippen molar-refractivity contribution < 1.29 is 18.4 Å². The molecule has 0 bridgehead atoms. The second-order valence-corrected chi connectivity index (χ2v) is 5.85. The van der Waals surface area contributed by atoms with Gasteiger partial charge in [0.1, 0.15) is 11.5 Å². The van der Waals surface area contributed by atoms with E-state index < -0.39 is 0 Å². The summed E-state index contributed by atoms with van der Waals surface area (Å²) in [5.74, 6) is 0.391. The topological polar surface area (TPSA) is 109 Å². The summed E-state index contributed by atoms with van der Waals surface area (Å²) in [7, 11) is 0. The van der Waals surface area contributed by atoms with E-state index in [1.165, 1.54) is 25.0 Å². The van der Waals surface area contributed by atoms with E-state index in [9.17, 15) is 9.59 Å². The van der Waals surface area contributed by atoms with E-state index in [0.29, 0.717) is 22.6 Å². The van der Waals surface area contributed by atoms with Crippen LogP contribution < -0.4 is 10.9 Å². The van der Waals surface area contributed by atoms with Gasteiger partial charge in [-0.25, -0.2) is 10.9 Å². The normalized spacial score (nSPS) is 11.2. The quantitative estimate of drug-likeness (QED) is 0.507. The van der Waals surface area contributed by atoms with Crippen LogP contribution in [0, 0.1) is 13.8 Å². The van der Waals surface area contributed by atoms with Gasteiger partial charge >= 0.3 is 0 Å². The molecule has 0 atom stereocenters. The Kier molecular flexibility index (Phi) is 5.81. The summed E-state index contributed by atoms with van der Waals surface area (Å²) in [6.45, 7) is 3.41. The van der Waals surface area contributed by atoms with Crippen molar-refractivity contribution in [1.29, 1.82) is 0 Å². The summed E-state index contributed by atoms with van der Waals surface area (Å²) in [4.78, 5) is 23.8. The SMILES string of the molecule is Cc1occc1C(=O)N/N=C\c1ccc(/C=N\NC(=O)c2ccoc2C)cc1. The number of benzene rings is 1. The molecule has 2 heterocycles. The maximum absolute atomic E-state index is 11.9. The number of carbonyl (C=O) groups excluding carboxylic acids is 2. The first-order chi connectivity index (χ1) is 13.5. The van der Waals surface area contributed by atoms with Crippen LogP contribution in [0.2, 0.25) is 0 Å². The Morgan fingerprint density at radius 2 is 1.14 bits per heavy atom. The molecule has 1 aromatic carbocycles. The average molecular weight is 378 g/mol. The van der Waals surface area contributed by atoms with Gasteiger partial charge in [0.25, 0.3) is 11.8 Å². The van der Waals surface area contributed by atoms with Crippen LogP contribution in [0.5, 0.6) is 0 Å². The van der Waals surface area contributed by atoms with E-state index in [4.69, 9.17) is 8.83 Å². The van der Waals surface area contributed by atoms with Crippen molar-refractivity contribution in [3.63, 3.8) is 0 Å². The van der Waals surface area contributed by atoms with Crippen molar-refractivity contribution in [3.8, 4) is 0 Å². The molecule has 0 aliphatic heterocycles. The van der Waals surface area contributed by atoms with Crippen LogP contribution in [0.1, 0.15) is 43.4 Å². The number of nitrogens with zero attached hydrogens (tertiary/aromatic N) is 2. The molecule has 3 rings (SSSR count). The van der Waals surface area contributed by atoms with Gasteiger partial charge in [-0.05, 0) is 37.1 Å². The van der Waals surface area contributed by atoms with Gasteiger partial charge < -0.3 is 8.83 Å². The average Bonchev–Trinajstić information content (AvgIpc) is 3.31. The van der Waals surface area contributed by atoms with E-state index >= 15 is 0 Å². The van der Waals surface area contributed by atoms with Crippen molar-refractivity contribution in [2.75, 3.05) is 0 Å². The van der Waals surface area contributed by atoms with Gasteiger partial charge in [-0.3, -0.25) is 9.59 Å². The Morgan fingerprint density at radius 3 is 1.46 bits per heavy atom. The van der Waals surface area contributed by atoms with Crippen LogP contribution in [-0.2, 0) is 0 Å². The first kappa shape index (κ1) is 18.8. The Bertz CT molecular complexity index is 945. The molecule has 0 saturated heterocycles. The molecule has 2 amide bonds. The van der Waals surface area contributed by atoms with Crippen LogP contribution >= 0.6 is 0 Å². The number of hydrogen-bond acceptors (Lipinski definition) is 6. The van der Waals surface area contributed by atoms with Gasteiger partial charge in [0.05, 0.1) is 36.1 Å². The Balaban J connectivity index is 1.52. The highest BCUT2D eigenvalue weighted by Crippen LogP contribution is 2.09. The van der Waals surface area contributed by atoms with E-state index in [1.807, 2.05) is 24.3 Å². The molecule has 0 fully saturated rings. The fourth-order valence-electron chi connectivity index (χ4n) is 2.36. The molecule has 8 heteroatoms. The lowest BCUT2D eigenvalue weighted by Gasteiger charge is -1.99. The molecule has 3 aromatic rings. The monoisotopic (exact) mass is 378 g/mol. The lowest BCUT2D eigenvalue weighted by atomic mass is 10.2. The zero-order valence-electron chi connectivity index (χ0n) is 15.3. The molecule has 0 spiro atoms. The molecule has 0 aliphatic rings. The molecular formula is C20H18N4O4. The van der Waals surface area contributed by atoms with Crippen LogP contribution in [0.3, 0.4) is 0 Å². The van der Waals surface area contributed by atoms with Gasteiger partial charge in [-0.15, -0.1) is 0 Å². The summed E-state index contributed by atoms with van der Waals surface area (Å²) in [6, 6.07) is 10.4. The Morgan fingerprint density at radius 1 is 0.750 bits per heavy atom. The lowest BCUT2D eigenvalue weighted by molar-refractivity contribution is 0.0945. The fourth-order valence-corrected chi connectivity index (χ4v) is 2.36. The maximum atomic E-state index is 11.9. The summed E-state index contributed by atoms with van der Waals surface area (Å²) < 4.78 is 10.2. The zero-order valence-corrected chi connectivity index (χ0v) is 15.3. The molecule has 8 nitrogen and oxygen atoms in total. The minimum Gasteiger partial charge on any atom is -0.469 e. The first-order valence-electron chi connectivity index (χ1n) is 8.39. The number of hydrazone groups is 2. The summed E-state index contributed by atoms with van der Waals surface area (Å²) >= 11 is 0. The highest BCUT2D eigenvalue weighted by atomic mass is 16.3. The summed E-state index contributed by atoms with van der Waals surface area (Å²) in [5.41, 5.74) is 7.35. The summed E-state index contributed by atoms with van der Waals surface area (Å²) in [5, 5.41) is 7.85. The smallest absolute Gasteiger partial charge is 0.274 e. The molecule has 0 aliphatic carbocycles. The molecule has 2 N–H and O–H groups in total. The fraction of sp³-hybridized carbons (Fsp3) is 0.100. The van der Waals surface area contributed by atoms with Crippen molar-refractivity contribution in [2.45, 2.75) is 13.8 Å². The molecule has 0 unspecified atom stereocenters. The van der Waals surface area contributed by atoms with Gasteiger partial charge in [0, 0.05) is 0 Å². The number of hydrogen-bond donors (Lipinski definition) is 2. The maximum Gasteiger partial charge on any atom is 0.274 e. The minimum atomic E-state index is -0.338. The number of amides is 2. The zero-order chi connectivity index (χ0) is 19.9. The highest BCUT2D eigenvalue weighted by molar-refractivity contribution is 5.96. The van der Waals surface area contributed by atoms with Crippen LogP contribution in [0.25, 0.3) is 0 Å². The number of carbonyl (C=O) groups is 2. The minimum absolute atomic E-state index is 0.338. The van der Waals surface area contributed by atoms with Gasteiger partial charge in [-0.1, -0.05) is 24.3 Å². The second kappa shape index (κ2) is 8.63. The predicted molar refractivity (Wildman–Crippen MR) is 103 cm³/mol. The number of rotatable bonds is 6. The van der Waals surface area contributed by atoms with Crippen LogP contribution in [0.15, 0.2) is 68.0 Å². The molecule has 28 heavy (non-hydrogen) atoms. The van der Waals surface area contributed by atoms with E-state index in [1.54, 1.807) is 26.0 Å². The molecule has 142 valence electrons. The number of nitrogens with one attached hydrogen (secondary N) is 2. The molecule has 0 radical (unpaired) electrons. The number of aryl methyl sites for hydroxylation is 2. The third-order valence-electron chi connectivity index (χ3n) is 3.90. The van der Waals surface area contributed by atoms with Gasteiger partial charge in [0.15, 0.2) is 0 Å². The molecule has 2 aromatic heterocycles. The van der Waals surface area contributed by atoms with Crippen molar-refractivity contribution in [2.24, 2.45) is 10.2 Å². The predicted octanol–water partition coefficient (Wildman–Crippen LogP) is 3.02. The third-order valence-corrected chi connectivity index (χ3v) is 3.90. The molecular weight excluding hydrogens is 360 g/mol. The van der Waals surface area contributed by atoms with E-state index in [0.717, 1.165) is 11.1 Å². The first-order valence-corrected chi connectivity index (χ1v) is 8.39.